The molecule has 0 aromatic heterocycles. The van der Waals surface area contributed by atoms with Gasteiger partial charge in [-0.2, -0.15) is 26.3 Å². The number of halogens is 6. The number of carboxylic acids is 1. The number of hydrogen-bond donors (Lipinski definition) is 1. The number of aliphatic carboxylic acids is 1. The number of alkyl halides is 6. The van der Waals surface area contributed by atoms with Gasteiger partial charge in [-0.25, -0.2) is 0 Å². The van der Waals surface area contributed by atoms with Gasteiger partial charge in [0.25, 0.3) is 0 Å². The van der Waals surface area contributed by atoms with Crippen LogP contribution < -0.4 is 4.74 Å². The van der Waals surface area contributed by atoms with E-state index < -0.39 is 29.4 Å². The second-order valence-corrected chi connectivity index (χ2v) is 9.64. The van der Waals surface area contributed by atoms with Gasteiger partial charge in [0.2, 0.25) is 0 Å². The van der Waals surface area contributed by atoms with Crippen molar-refractivity contribution < 1.29 is 41.0 Å². The number of likely N-dealkylation sites (tertiary alicyclic amines) is 1. The van der Waals surface area contributed by atoms with Crippen LogP contribution in [0.3, 0.4) is 0 Å². The Bertz CT molecular complexity index is 1160. The normalized spacial score (nSPS) is 16.9. The molecule has 1 aliphatic carbocycles. The predicted molar refractivity (Wildman–Crippen MR) is 125 cm³/mol. The van der Waals surface area contributed by atoms with E-state index in [1.807, 2.05) is 19.1 Å². The molecule has 0 atom stereocenters. The van der Waals surface area contributed by atoms with E-state index in [2.05, 4.69) is 4.90 Å². The number of hydrogen-bond acceptors (Lipinski definition) is 3. The maximum Gasteiger partial charge on any atom is 0.416 e. The first-order chi connectivity index (χ1) is 17.3. The van der Waals surface area contributed by atoms with Crippen LogP contribution >= 0.6 is 0 Å². The van der Waals surface area contributed by atoms with E-state index in [0.717, 1.165) is 48.2 Å². The van der Waals surface area contributed by atoms with Crippen molar-refractivity contribution in [3.8, 4) is 5.75 Å². The van der Waals surface area contributed by atoms with Crippen molar-refractivity contribution in [2.45, 2.75) is 45.0 Å². The Balaban J connectivity index is 1.34. The van der Waals surface area contributed by atoms with Crippen molar-refractivity contribution in [1.29, 1.82) is 0 Å². The van der Waals surface area contributed by atoms with Crippen LogP contribution in [-0.2, 0) is 30.0 Å². The standard InChI is InChI=1S/C27H27F6NO3/c1-16-19(13-34-14-20(15-34)25(35)36)5-4-18-11-23(6-7-24(16)18)37-8-2-3-17-9-21(26(28,29)30)12-22(10-17)27(31,32)33/h6-7,9-12,20H,2-5,8,13-15H2,1H3,(H,35,36). The molecule has 0 radical (unpaired) electrons. The first-order valence-electron chi connectivity index (χ1n) is 12.0. The van der Waals surface area contributed by atoms with E-state index in [-0.39, 0.29) is 37.0 Å². The van der Waals surface area contributed by atoms with Crippen LogP contribution in [0.15, 0.2) is 42.0 Å². The summed E-state index contributed by atoms with van der Waals surface area (Å²) < 4.78 is 84.0. The van der Waals surface area contributed by atoms with Gasteiger partial charge < -0.3 is 9.84 Å². The molecule has 10 heteroatoms. The van der Waals surface area contributed by atoms with Gasteiger partial charge in [-0.1, -0.05) is 11.6 Å². The molecule has 0 bridgehead atoms. The van der Waals surface area contributed by atoms with Gasteiger partial charge in [-0.15, -0.1) is 0 Å². The molecular formula is C27H27F6NO3. The molecule has 1 N–H and O–H groups in total. The second kappa shape index (κ2) is 10.4. The number of rotatable bonds is 8. The van der Waals surface area contributed by atoms with E-state index >= 15 is 0 Å². The number of fused-ring (bicyclic) bond motifs is 1. The molecule has 2 aliphatic rings. The molecule has 0 spiro atoms. The number of benzene rings is 2. The Kier molecular flexibility index (Phi) is 7.60. The summed E-state index contributed by atoms with van der Waals surface area (Å²) >= 11 is 0. The lowest BCUT2D eigenvalue weighted by Gasteiger charge is -2.38. The van der Waals surface area contributed by atoms with Gasteiger partial charge in [-0.05, 0) is 85.2 Å². The Morgan fingerprint density at radius 3 is 2.24 bits per heavy atom. The van der Waals surface area contributed by atoms with Gasteiger partial charge in [-0.3, -0.25) is 9.69 Å². The summed E-state index contributed by atoms with van der Waals surface area (Å²) in [4.78, 5) is 13.1. The Morgan fingerprint density at radius 2 is 1.65 bits per heavy atom. The average molecular weight is 528 g/mol. The average Bonchev–Trinajstić information content (AvgIpc) is 2.78. The first kappa shape index (κ1) is 27.0. The smallest absolute Gasteiger partial charge is 0.416 e. The van der Waals surface area contributed by atoms with Crippen LogP contribution in [-0.4, -0.2) is 42.2 Å². The monoisotopic (exact) mass is 527 g/mol. The maximum atomic E-state index is 13.0. The SMILES string of the molecule is CC1=C(CN2CC(C(=O)O)C2)CCc2cc(OCCCc3cc(C(F)(F)F)cc(C(F)(F)F)c3)ccc21. The lowest BCUT2D eigenvalue weighted by molar-refractivity contribution is -0.147. The summed E-state index contributed by atoms with van der Waals surface area (Å²) in [6, 6.07) is 7.32. The summed E-state index contributed by atoms with van der Waals surface area (Å²) in [6.45, 7) is 4.06. The third-order valence-electron chi connectivity index (χ3n) is 6.95. The molecule has 200 valence electrons. The number of aryl methyl sites for hydroxylation is 2. The van der Waals surface area contributed by atoms with Gasteiger partial charge >= 0.3 is 18.3 Å². The van der Waals surface area contributed by atoms with E-state index in [4.69, 9.17) is 9.84 Å². The van der Waals surface area contributed by atoms with Crippen LogP contribution in [0.5, 0.6) is 5.75 Å². The predicted octanol–water partition coefficient (Wildman–Crippen LogP) is 6.47. The fourth-order valence-corrected chi connectivity index (χ4v) is 4.85. The summed E-state index contributed by atoms with van der Waals surface area (Å²) in [5, 5.41) is 9.05. The number of nitrogens with zero attached hydrogens (tertiary/aromatic N) is 1. The number of carboxylic acid groups (broad SMARTS) is 1. The van der Waals surface area contributed by atoms with E-state index in [1.54, 1.807) is 6.07 Å². The van der Waals surface area contributed by atoms with Crippen LogP contribution in [0, 0.1) is 5.92 Å². The molecule has 1 saturated heterocycles. The summed E-state index contributed by atoms with van der Waals surface area (Å²) in [6.07, 6.45) is -7.79. The highest BCUT2D eigenvalue weighted by atomic mass is 19.4. The molecule has 0 saturated carbocycles. The van der Waals surface area contributed by atoms with Crippen LogP contribution in [0.1, 0.15) is 47.6 Å². The highest BCUT2D eigenvalue weighted by Crippen LogP contribution is 2.37. The molecule has 37 heavy (non-hydrogen) atoms. The number of carbonyl (C=O) groups is 1. The molecule has 2 aromatic carbocycles. The lowest BCUT2D eigenvalue weighted by Crippen LogP contribution is -2.50. The molecular weight excluding hydrogens is 500 g/mol. The zero-order valence-electron chi connectivity index (χ0n) is 20.2. The summed E-state index contributed by atoms with van der Waals surface area (Å²) in [5.41, 5.74) is 1.99. The van der Waals surface area contributed by atoms with Crippen LogP contribution in [0.2, 0.25) is 0 Å². The van der Waals surface area contributed by atoms with Crippen molar-refractivity contribution in [3.05, 3.63) is 69.8 Å². The largest absolute Gasteiger partial charge is 0.494 e. The highest BCUT2D eigenvalue weighted by molar-refractivity contribution is 5.73. The molecule has 2 aromatic rings. The van der Waals surface area contributed by atoms with Crippen LogP contribution in [0.25, 0.3) is 5.57 Å². The minimum atomic E-state index is -4.86. The van der Waals surface area contributed by atoms with Gasteiger partial charge in [0.05, 0.1) is 23.7 Å². The quantitative estimate of drug-likeness (QED) is 0.316. The summed E-state index contributed by atoms with van der Waals surface area (Å²) in [7, 11) is 0. The third kappa shape index (κ3) is 6.47. The fourth-order valence-electron chi connectivity index (χ4n) is 4.85. The van der Waals surface area contributed by atoms with Crippen molar-refractivity contribution in [2.75, 3.05) is 26.2 Å². The number of ether oxygens (including phenoxy) is 1. The van der Waals surface area contributed by atoms with Crippen molar-refractivity contribution in [3.63, 3.8) is 0 Å². The van der Waals surface area contributed by atoms with E-state index in [0.29, 0.717) is 18.8 Å². The topological polar surface area (TPSA) is 49.8 Å². The van der Waals surface area contributed by atoms with E-state index in [9.17, 15) is 31.1 Å². The van der Waals surface area contributed by atoms with Gasteiger partial charge in [0, 0.05) is 19.6 Å². The maximum absolute atomic E-state index is 13.0. The Hall–Kier alpha value is -3.01. The zero-order chi connectivity index (χ0) is 27.0. The van der Waals surface area contributed by atoms with Crippen molar-refractivity contribution >= 4 is 11.5 Å². The summed E-state index contributed by atoms with van der Waals surface area (Å²) in [5.74, 6) is -0.455. The zero-order valence-corrected chi connectivity index (χ0v) is 20.2. The van der Waals surface area contributed by atoms with Crippen LogP contribution in [0.4, 0.5) is 26.3 Å². The minimum absolute atomic E-state index is 0.0163. The third-order valence-corrected chi connectivity index (χ3v) is 6.95. The molecule has 0 amide bonds. The Labute approximate surface area is 210 Å². The Morgan fingerprint density at radius 1 is 1.00 bits per heavy atom. The second-order valence-electron chi connectivity index (χ2n) is 9.64. The van der Waals surface area contributed by atoms with Gasteiger partial charge in [0.1, 0.15) is 5.75 Å². The van der Waals surface area contributed by atoms with Crippen molar-refractivity contribution in [2.24, 2.45) is 5.92 Å². The molecule has 4 rings (SSSR count). The molecule has 4 nitrogen and oxygen atoms in total. The first-order valence-corrected chi connectivity index (χ1v) is 12.0. The van der Waals surface area contributed by atoms with E-state index in [1.165, 1.54) is 5.57 Å². The fraction of sp³-hybridized carbons (Fsp3) is 0.444. The minimum Gasteiger partial charge on any atom is -0.494 e. The molecule has 1 heterocycles. The lowest BCUT2D eigenvalue weighted by atomic mass is 9.85. The number of allylic oxidation sites excluding steroid dienone is 1. The molecule has 0 unspecified atom stereocenters. The van der Waals surface area contributed by atoms with Gasteiger partial charge in [0.15, 0.2) is 0 Å². The molecule has 1 fully saturated rings. The van der Waals surface area contributed by atoms with Crippen molar-refractivity contribution in [1.82, 2.24) is 4.90 Å². The highest BCUT2D eigenvalue weighted by Gasteiger charge is 2.37. The molecule has 1 aliphatic heterocycles.